The molecule has 0 bridgehead atoms. The molecule has 1 N–H and O–H groups in total. The molecule has 2 aromatic rings. The zero-order valence-corrected chi connectivity index (χ0v) is 13.7. The number of methoxy groups -OCH3 is 2. The van der Waals surface area contributed by atoms with Crippen molar-refractivity contribution in [1.29, 1.82) is 0 Å². The van der Waals surface area contributed by atoms with Crippen LogP contribution in [0.4, 0.5) is 0 Å². The van der Waals surface area contributed by atoms with Gasteiger partial charge in [0.15, 0.2) is 0 Å². The molecule has 0 aliphatic heterocycles. The molecule has 0 radical (unpaired) electrons. The van der Waals surface area contributed by atoms with Crippen LogP contribution in [0.3, 0.4) is 0 Å². The Bertz CT molecular complexity index is 662. The Morgan fingerprint density at radius 2 is 1.70 bits per heavy atom. The predicted octanol–water partition coefficient (Wildman–Crippen LogP) is 3.68. The van der Waals surface area contributed by atoms with E-state index in [1.807, 2.05) is 24.3 Å². The normalized spacial score (nSPS) is 11.8. The number of rotatable bonds is 7. The summed E-state index contributed by atoms with van der Waals surface area (Å²) in [7, 11) is 3.10. The fourth-order valence-corrected chi connectivity index (χ4v) is 2.59. The largest absolute Gasteiger partial charge is 0.497 e. The Balaban J connectivity index is 2.35. The highest BCUT2D eigenvalue weighted by atomic mass is 16.5. The molecular formula is C19H22O4. The van der Waals surface area contributed by atoms with Crippen LogP contribution < -0.4 is 9.47 Å². The lowest BCUT2D eigenvalue weighted by Gasteiger charge is -2.17. The number of hydrogen-bond donors (Lipinski definition) is 1. The summed E-state index contributed by atoms with van der Waals surface area (Å²) in [5.41, 5.74) is 2.85. The van der Waals surface area contributed by atoms with Crippen molar-refractivity contribution in [1.82, 2.24) is 0 Å². The molecule has 0 saturated carbocycles. The molecule has 0 aliphatic rings. The Morgan fingerprint density at radius 1 is 1.04 bits per heavy atom. The topological polar surface area (TPSA) is 55.8 Å². The Morgan fingerprint density at radius 3 is 2.22 bits per heavy atom. The third-order valence-corrected chi connectivity index (χ3v) is 3.98. The summed E-state index contributed by atoms with van der Waals surface area (Å²) in [5, 5.41) is 9.68. The number of carboxylic acid groups (broad SMARTS) is 1. The van der Waals surface area contributed by atoms with Crippen LogP contribution in [0.15, 0.2) is 42.5 Å². The Labute approximate surface area is 136 Å². The summed E-state index contributed by atoms with van der Waals surface area (Å²) >= 11 is 0. The molecular weight excluding hydrogens is 292 g/mol. The van der Waals surface area contributed by atoms with Gasteiger partial charge in [0.1, 0.15) is 11.5 Å². The van der Waals surface area contributed by atoms with Crippen molar-refractivity contribution in [2.24, 2.45) is 0 Å². The molecule has 0 amide bonds. The van der Waals surface area contributed by atoms with Crippen molar-refractivity contribution in [3.63, 3.8) is 0 Å². The molecule has 2 rings (SSSR count). The highest BCUT2D eigenvalue weighted by Gasteiger charge is 2.24. The van der Waals surface area contributed by atoms with Crippen molar-refractivity contribution in [2.75, 3.05) is 14.2 Å². The summed E-state index contributed by atoms with van der Waals surface area (Å²) in [5.74, 6) is -0.389. The fourth-order valence-electron chi connectivity index (χ4n) is 2.59. The van der Waals surface area contributed by atoms with E-state index in [1.165, 1.54) is 5.56 Å². The maximum absolute atomic E-state index is 11.8. The molecule has 1 unspecified atom stereocenters. The minimum atomic E-state index is -0.879. The van der Waals surface area contributed by atoms with Crippen LogP contribution >= 0.6 is 0 Å². The van der Waals surface area contributed by atoms with Gasteiger partial charge in [0.25, 0.3) is 0 Å². The lowest BCUT2D eigenvalue weighted by molar-refractivity contribution is -0.138. The molecule has 0 spiro atoms. The molecule has 4 nitrogen and oxygen atoms in total. The van der Waals surface area contributed by atoms with E-state index >= 15 is 0 Å². The first-order valence-electron chi connectivity index (χ1n) is 7.61. The average Bonchev–Trinajstić information content (AvgIpc) is 2.59. The zero-order chi connectivity index (χ0) is 16.8. The van der Waals surface area contributed by atoms with Crippen molar-refractivity contribution in [2.45, 2.75) is 25.7 Å². The van der Waals surface area contributed by atoms with Gasteiger partial charge in [-0.2, -0.15) is 0 Å². The second kappa shape index (κ2) is 7.68. The number of aryl methyl sites for hydroxylation is 1. The lowest BCUT2D eigenvalue weighted by atomic mass is 9.90. The van der Waals surface area contributed by atoms with E-state index in [1.54, 1.807) is 32.4 Å². The molecule has 0 saturated heterocycles. The first-order chi connectivity index (χ1) is 11.1. The highest BCUT2D eigenvalue weighted by Crippen LogP contribution is 2.33. The van der Waals surface area contributed by atoms with E-state index in [2.05, 4.69) is 6.92 Å². The van der Waals surface area contributed by atoms with Crippen LogP contribution in [-0.4, -0.2) is 25.3 Å². The van der Waals surface area contributed by atoms with E-state index in [0.29, 0.717) is 23.5 Å². The number of carbonyl (C=O) groups is 1. The summed E-state index contributed by atoms with van der Waals surface area (Å²) < 4.78 is 10.5. The van der Waals surface area contributed by atoms with Crippen LogP contribution in [0.5, 0.6) is 11.5 Å². The molecule has 122 valence electrons. The molecule has 2 aromatic carbocycles. The van der Waals surface area contributed by atoms with E-state index in [-0.39, 0.29) is 0 Å². The molecule has 1 atom stereocenters. The van der Waals surface area contributed by atoms with Gasteiger partial charge in [0.2, 0.25) is 0 Å². The highest BCUT2D eigenvalue weighted by molar-refractivity contribution is 5.78. The van der Waals surface area contributed by atoms with E-state index in [4.69, 9.17) is 9.47 Å². The summed E-state index contributed by atoms with van der Waals surface area (Å²) in [6.07, 6.45) is 1.37. The van der Waals surface area contributed by atoms with E-state index in [0.717, 1.165) is 12.0 Å². The SMILES string of the molecule is CCc1ccc(CC(C(=O)O)c2cc(OC)ccc2OC)cc1. The third kappa shape index (κ3) is 4.03. The van der Waals surface area contributed by atoms with E-state index < -0.39 is 11.9 Å². The van der Waals surface area contributed by atoms with Gasteiger partial charge in [-0.1, -0.05) is 31.2 Å². The van der Waals surface area contributed by atoms with Crippen LogP contribution in [0, 0.1) is 0 Å². The Hall–Kier alpha value is -2.49. The maximum Gasteiger partial charge on any atom is 0.311 e. The van der Waals surface area contributed by atoms with Gasteiger partial charge in [0, 0.05) is 5.56 Å². The number of benzene rings is 2. The first-order valence-corrected chi connectivity index (χ1v) is 7.61. The Kier molecular flexibility index (Phi) is 5.63. The monoisotopic (exact) mass is 314 g/mol. The van der Waals surface area contributed by atoms with Gasteiger partial charge in [-0.3, -0.25) is 4.79 Å². The molecule has 4 heteroatoms. The minimum absolute atomic E-state index is 0.406. The molecule has 23 heavy (non-hydrogen) atoms. The average molecular weight is 314 g/mol. The van der Waals surface area contributed by atoms with Gasteiger partial charge in [-0.15, -0.1) is 0 Å². The van der Waals surface area contributed by atoms with Gasteiger partial charge in [-0.05, 0) is 42.2 Å². The van der Waals surface area contributed by atoms with Crippen molar-refractivity contribution < 1.29 is 19.4 Å². The van der Waals surface area contributed by atoms with Crippen LogP contribution in [0.1, 0.15) is 29.5 Å². The second-order valence-electron chi connectivity index (χ2n) is 5.37. The molecule has 0 aromatic heterocycles. The summed E-state index contributed by atoms with van der Waals surface area (Å²) in [4.78, 5) is 11.8. The predicted molar refractivity (Wildman–Crippen MR) is 89.4 cm³/mol. The molecule has 0 fully saturated rings. The molecule has 0 aliphatic carbocycles. The van der Waals surface area contributed by atoms with E-state index in [9.17, 15) is 9.90 Å². The number of ether oxygens (including phenoxy) is 2. The van der Waals surface area contributed by atoms with Gasteiger partial charge in [-0.25, -0.2) is 0 Å². The third-order valence-electron chi connectivity index (χ3n) is 3.98. The number of hydrogen-bond acceptors (Lipinski definition) is 3. The van der Waals surface area contributed by atoms with Crippen molar-refractivity contribution in [3.8, 4) is 11.5 Å². The lowest BCUT2D eigenvalue weighted by Crippen LogP contribution is -2.15. The van der Waals surface area contributed by atoms with Gasteiger partial charge >= 0.3 is 5.97 Å². The van der Waals surface area contributed by atoms with Crippen LogP contribution in [0.25, 0.3) is 0 Å². The van der Waals surface area contributed by atoms with Crippen LogP contribution in [-0.2, 0) is 17.6 Å². The minimum Gasteiger partial charge on any atom is -0.497 e. The fraction of sp³-hybridized carbons (Fsp3) is 0.316. The quantitative estimate of drug-likeness (QED) is 0.847. The van der Waals surface area contributed by atoms with Crippen molar-refractivity contribution in [3.05, 3.63) is 59.2 Å². The maximum atomic E-state index is 11.8. The first kappa shape index (κ1) is 16.9. The van der Waals surface area contributed by atoms with Gasteiger partial charge < -0.3 is 14.6 Å². The second-order valence-corrected chi connectivity index (χ2v) is 5.37. The zero-order valence-electron chi connectivity index (χ0n) is 13.7. The van der Waals surface area contributed by atoms with Crippen molar-refractivity contribution >= 4 is 5.97 Å². The van der Waals surface area contributed by atoms with Crippen LogP contribution in [0.2, 0.25) is 0 Å². The summed E-state index contributed by atoms with van der Waals surface area (Å²) in [6.45, 7) is 2.09. The summed E-state index contributed by atoms with van der Waals surface area (Å²) in [6, 6.07) is 13.3. The van der Waals surface area contributed by atoms with Gasteiger partial charge in [0.05, 0.1) is 20.1 Å². The number of aliphatic carboxylic acids is 1. The smallest absolute Gasteiger partial charge is 0.311 e. The standard InChI is InChI=1S/C19H22O4/c1-4-13-5-7-14(8-6-13)11-17(19(20)21)16-12-15(22-2)9-10-18(16)23-3/h5-10,12,17H,4,11H2,1-3H3,(H,20,21). The number of carboxylic acids is 1. The molecule has 0 heterocycles.